The first kappa shape index (κ1) is 13.7. The molecule has 1 atom stereocenters. The quantitative estimate of drug-likeness (QED) is 0.788. The first-order chi connectivity index (χ1) is 7.88. The van der Waals surface area contributed by atoms with Crippen LogP contribution in [0.4, 0.5) is 5.82 Å². The number of pyridine rings is 1. The predicted octanol–water partition coefficient (Wildman–Crippen LogP) is 1.80. The summed E-state index contributed by atoms with van der Waals surface area (Å²) >= 11 is 5.76. The van der Waals surface area contributed by atoms with Gasteiger partial charge in [0, 0.05) is 12.6 Å². The Bertz CT molecular complexity index is 410. The molecule has 0 aliphatic rings. The number of anilines is 1. The zero-order valence-electron chi connectivity index (χ0n) is 10.1. The molecule has 1 aromatic heterocycles. The van der Waals surface area contributed by atoms with E-state index in [0.717, 1.165) is 6.54 Å². The summed E-state index contributed by atoms with van der Waals surface area (Å²) in [5.41, 5.74) is 0.129. The third-order valence-electron chi connectivity index (χ3n) is 2.07. The highest BCUT2D eigenvalue weighted by molar-refractivity contribution is 6.29. The number of nitrogens with one attached hydrogen (secondary N) is 1. The van der Waals surface area contributed by atoms with Gasteiger partial charge in [-0.2, -0.15) is 0 Å². The van der Waals surface area contributed by atoms with E-state index in [1.165, 1.54) is 12.1 Å². The number of carboxylic acids is 1. The molecule has 1 heterocycles. The van der Waals surface area contributed by atoms with Crippen molar-refractivity contribution in [2.24, 2.45) is 0 Å². The lowest BCUT2D eigenvalue weighted by Crippen LogP contribution is -2.30. The van der Waals surface area contributed by atoms with Crippen molar-refractivity contribution in [1.29, 1.82) is 0 Å². The zero-order chi connectivity index (χ0) is 13.0. The molecule has 0 saturated carbocycles. The van der Waals surface area contributed by atoms with Gasteiger partial charge in [-0.25, -0.2) is 9.78 Å². The number of hydrogen-bond donors (Lipinski definition) is 2. The predicted molar refractivity (Wildman–Crippen MR) is 67.8 cm³/mol. The zero-order valence-corrected chi connectivity index (χ0v) is 10.8. The van der Waals surface area contributed by atoms with Crippen molar-refractivity contribution in [3.63, 3.8) is 0 Å². The second-order valence-corrected chi connectivity index (χ2v) is 4.56. The second kappa shape index (κ2) is 5.84. The highest BCUT2D eigenvalue weighted by Crippen LogP contribution is 2.15. The minimum atomic E-state index is -1.02. The smallest absolute Gasteiger partial charge is 0.335 e. The summed E-state index contributed by atoms with van der Waals surface area (Å²) in [6.45, 7) is 2.81. The largest absolute Gasteiger partial charge is 0.478 e. The summed E-state index contributed by atoms with van der Waals surface area (Å²) in [7, 11) is 3.93. The lowest BCUT2D eigenvalue weighted by Gasteiger charge is -2.19. The fourth-order valence-electron chi connectivity index (χ4n) is 1.54. The molecule has 0 saturated heterocycles. The number of rotatable bonds is 5. The van der Waals surface area contributed by atoms with E-state index < -0.39 is 5.97 Å². The molecule has 0 aromatic carbocycles. The number of aromatic nitrogens is 1. The minimum Gasteiger partial charge on any atom is -0.478 e. The maximum atomic E-state index is 10.8. The molecule has 0 aliphatic heterocycles. The molecule has 17 heavy (non-hydrogen) atoms. The molecule has 0 bridgehead atoms. The fourth-order valence-corrected chi connectivity index (χ4v) is 1.75. The van der Waals surface area contributed by atoms with Gasteiger partial charge in [0.15, 0.2) is 0 Å². The number of carboxylic acid groups (broad SMARTS) is 1. The van der Waals surface area contributed by atoms with Crippen molar-refractivity contribution in [3.8, 4) is 0 Å². The van der Waals surface area contributed by atoms with Gasteiger partial charge in [-0.05, 0) is 33.2 Å². The molecule has 1 unspecified atom stereocenters. The van der Waals surface area contributed by atoms with Gasteiger partial charge in [0.2, 0.25) is 0 Å². The van der Waals surface area contributed by atoms with Crippen LogP contribution in [0.5, 0.6) is 0 Å². The molecular weight excluding hydrogens is 242 g/mol. The molecule has 0 amide bonds. The van der Waals surface area contributed by atoms with Crippen molar-refractivity contribution in [1.82, 2.24) is 9.88 Å². The van der Waals surface area contributed by atoms with E-state index in [0.29, 0.717) is 5.82 Å². The normalized spacial score (nSPS) is 12.5. The van der Waals surface area contributed by atoms with Gasteiger partial charge in [-0.15, -0.1) is 0 Å². The van der Waals surface area contributed by atoms with E-state index in [9.17, 15) is 4.79 Å². The van der Waals surface area contributed by atoms with Crippen LogP contribution in [0, 0.1) is 0 Å². The number of halogens is 1. The van der Waals surface area contributed by atoms with Crippen molar-refractivity contribution >= 4 is 23.4 Å². The highest BCUT2D eigenvalue weighted by Gasteiger charge is 2.09. The molecule has 0 spiro atoms. The van der Waals surface area contributed by atoms with Crippen molar-refractivity contribution < 1.29 is 9.90 Å². The van der Waals surface area contributed by atoms with Crippen LogP contribution in [0.1, 0.15) is 17.3 Å². The molecule has 6 heteroatoms. The van der Waals surface area contributed by atoms with E-state index in [1.54, 1.807) is 0 Å². The molecule has 94 valence electrons. The van der Waals surface area contributed by atoms with Gasteiger partial charge in [-0.3, -0.25) is 0 Å². The topological polar surface area (TPSA) is 65.5 Å². The van der Waals surface area contributed by atoms with Gasteiger partial charge in [-0.1, -0.05) is 11.6 Å². The highest BCUT2D eigenvalue weighted by atomic mass is 35.5. The van der Waals surface area contributed by atoms with Crippen molar-refractivity contribution in [2.45, 2.75) is 13.0 Å². The summed E-state index contributed by atoms with van der Waals surface area (Å²) in [5, 5.41) is 12.2. The maximum absolute atomic E-state index is 10.8. The third-order valence-corrected chi connectivity index (χ3v) is 2.27. The fraction of sp³-hybridized carbons (Fsp3) is 0.455. The Balaban J connectivity index is 2.80. The minimum absolute atomic E-state index is 0.129. The lowest BCUT2D eigenvalue weighted by atomic mass is 10.2. The average Bonchev–Trinajstić information content (AvgIpc) is 2.14. The number of aromatic carboxylic acids is 1. The van der Waals surface area contributed by atoms with Gasteiger partial charge in [0.05, 0.1) is 5.56 Å². The molecule has 0 radical (unpaired) electrons. The second-order valence-electron chi connectivity index (χ2n) is 4.18. The van der Waals surface area contributed by atoms with Crippen LogP contribution in [-0.4, -0.2) is 47.6 Å². The van der Waals surface area contributed by atoms with E-state index in [4.69, 9.17) is 16.7 Å². The Morgan fingerprint density at radius 2 is 2.24 bits per heavy atom. The number of hydrogen-bond acceptors (Lipinski definition) is 4. The standard InChI is InChI=1S/C11H16ClN3O2/c1-7(6-15(2)3)13-10-5-8(11(16)17)4-9(12)14-10/h4-5,7H,6H2,1-3H3,(H,13,14)(H,16,17). The summed E-state index contributed by atoms with van der Waals surface area (Å²) in [6, 6.07) is 2.95. The first-order valence-electron chi connectivity index (χ1n) is 5.20. The van der Waals surface area contributed by atoms with Crippen LogP contribution in [0.15, 0.2) is 12.1 Å². The molecule has 2 N–H and O–H groups in total. The van der Waals surface area contributed by atoms with E-state index in [-0.39, 0.29) is 16.8 Å². The van der Waals surface area contributed by atoms with E-state index in [1.807, 2.05) is 25.9 Å². The molecular formula is C11H16ClN3O2. The van der Waals surface area contributed by atoms with Crippen LogP contribution in [0.25, 0.3) is 0 Å². The Labute approximate surface area is 105 Å². The van der Waals surface area contributed by atoms with Gasteiger partial charge in [0.1, 0.15) is 11.0 Å². The van der Waals surface area contributed by atoms with E-state index in [2.05, 4.69) is 10.3 Å². The Morgan fingerprint density at radius 1 is 1.59 bits per heavy atom. The third kappa shape index (κ3) is 4.58. The van der Waals surface area contributed by atoms with Gasteiger partial charge < -0.3 is 15.3 Å². The van der Waals surface area contributed by atoms with Crippen molar-refractivity contribution in [3.05, 3.63) is 22.8 Å². The summed E-state index contributed by atoms with van der Waals surface area (Å²) in [5.74, 6) is -0.540. The lowest BCUT2D eigenvalue weighted by molar-refractivity contribution is 0.0697. The Kier molecular flexibility index (Phi) is 4.72. The molecule has 5 nitrogen and oxygen atoms in total. The van der Waals surface area contributed by atoms with Crippen LogP contribution >= 0.6 is 11.6 Å². The maximum Gasteiger partial charge on any atom is 0.335 e. The van der Waals surface area contributed by atoms with Crippen LogP contribution < -0.4 is 5.32 Å². The Hall–Kier alpha value is -1.33. The van der Waals surface area contributed by atoms with Gasteiger partial charge in [0.25, 0.3) is 0 Å². The van der Waals surface area contributed by atoms with E-state index >= 15 is 0 Å². The van der Waals surface area contributed by atoms with Crippen molar-refractivity contribution in [2.75, 3.05) is 26.0 Å². The van der Waals surface area contributed by atoms with Crippen LogP contribution in [0.2, 0.25) is 5.15 Å². The molecule has 1 rings (SSSR count). The monoisotopic (exact) mass is 257 g/mol. The first-order valence-corrected chi connectivity index (χ1v) is 5.58. The SMILES string of the molecule is CC(CN(C)C)Nc1cc(C(=O)O)cc(Cl)n1. The van der Waals surface area contributed by atoms with Gasteiger partial charge >= 0.3 is 5.97 Å². The number of carbonyl (C=O) groups is 1. The molecule has 0 fully saturated rings. The van der Waals surface area contributed by atoms with Crippen LogP contribution in [0.3, 0.4) is 0 Å². The number of nitrogens with zero attached hydrogens (tertiary/aromatic N) is 2. The Morgan fingerprint density at radius 3 is 2.76 bits per heavy atom. The van der Waals surface area contributed by atoms with Crippen LogP contribution in [-0.2, 0) is 0 Å². The number of likely N-dealkylation sites (N-methyl/N-ethyl adjacent to an activating group) is 1. The summed E-state index contributed by atoms with van der Waals surface area (Å²) < 4.78 is 0. The summed E-state index contributed by atoms with van der Waals surface area (Å²) in [4.78, 5) is 16.9. The summed E-state index contributed by atoms with van der Waals surface area (Å²) in [6.07, 6.45) is 0. The average molecular weight is 258 g/mol. The molecule has 0 aliphatic carbocycles. The molecule has 1 aromatic rings.